The predicted octanol–water partition coefficient (Wildman–Crippen LogP) is 3.63. The summed E-state index contributed by atoms with van der Waals surface area (Å²) in [5, 5.41) is 0. The summed E-state index contributed by atoms with van der Waals surface area (Å²) < 4.78 is 11.3. The van der Waals surface area contributed by atoms with Crippen LogP contribution in [0.4, 0.5) is 5.69 Å². The monoisotopic (exact) mass is 249 g/mol. The van der Waals surface area contributed by atoms with E-state index < -0.39 is 0 Å². The fourth-order valence-corrected chi connectivity index (χ4v) is 2.76. The van der Waals surface area contributed by atoms with Gasteiger partial charge in [0.15, 0.2) is 0 Å². The zero-order valence-corrected chi connectivity index (χ0v) is 11.3. The topological polar surface area (TPSA) is 44.5 Å². The normalized spacial score (nSPS) is 23.7. The van der Waals surface area contributed by atoms with Crippen LogP contribution in [-0.4, -0.2) is 13.2 Å². The van der Waals surface area contributed by atoms with Crippen molar-refractivity contribution in [2.24, 2.45) is 5.92 Å². The van der Waals surface area contributed by atoms with Crippen molar-refractivity contribution in [3.8, 4) is 11.5 Å². The number of ether oxygens (including phenoxy) is 2. The molecular formula is C15H23NO2. The van der Waals surface area contributed by atoms with Gasteiger partial charge in [0.1, 0.15) is 17.6 Å². The lowest BCUT2D eigenvalue weighted by atomic mass is 9.85. The summed E-state index contributed by atoms with van der Waals surface area (Å²) >= 11 is 0. The Labute approximate surface area is 109 Å². The van der Waals surface area contributed by atoms with Crippen LogP contribution in [0.5, 0.6) is 11.5 Å². The molecule has 2 unspecified atom stereocenters. The molecule has 2 atom stereocenters. The lowest BCUT2D eigenvalue weighted by Gasteiger charge is -2.31. The SMILES string of the molecule is CCC1CCCCC1Oc1ccc(OC)c(N)c1. The first-order valence-electron chi connectivity index (χ1n) is 6.84. The zero-order chi connectivity index (χ0) is 13.0. The summed E-state index contributed by atoms with van der Waals surface area (Å²) in [5.74, 6) is 2.25. The molecule has 0 amide bonds. The third-order valence-electron chi connectivity index (χ3n) is 3.85. The number of hydrogen-bond acceptors (Lipinski definition) is 3. The van der Waals surface area contributed by atoms with Crippen LogP contribution in [0.1, 0.15) is 39.0 Å². The fraction of sp³-hybridized carbons (Fsp3) is 0.600. The van der Waals surface area contributed by atoms with Crippen LogP contribution in [0.3, 0.4) is 0 Å². The second-order valence-electron chi connectivity index (χ2n) is 5.01. The van der Waals surface area contributed by atoms with Crippen LogP contribution in [0.2, 0.25) is 0 Å². The molecule has 0 heterocycles. The van der Waals surface area contributed by atoms with Crippen LogP contribution in [0.15, 0.2) is 18.2 Å². The summed E-state index contributed by atoms with van der Waals surface area (Å²) in [4.78, 5) is 0. The molecule has 1 aromatic carbocycles. The van der Waals surface area contributed by atoms with Gasteiger partial charge in [-0.25, -0.2) is 0 Å². The number of anilines is 1. The summed E-state index contributed by atoms with van der Waals surface area (Å²) in [6.45, 7) is 2.24. The van der Waals surface area contributed by atoms with Crippen molar-refractivity contribution in [3.63, 3.8) is 0 Å². The van der Waals surface area contributed by atoms with E-state index >= 15 is 0 Å². The highest BCUT2D eigenvalue weighted by Gasteiger charge is 2.25. The number of benzene rings is 1. The highest BCUT2D eigenvalue weighted by atomic mass is 16.5. The van der Waals surface area contributed by atoms with Crippen molar-refractivity contribution in [1.82, 2.24) is 0 Å². The molecule has 1 fully saturated rings. The Morgan fingerprint density at radius 3 is 2.72 bits per heavy atom. The van der Waals surface area contributed by atoms with E-state index in [4.69, 9.17) is 15.2 Å². The molecule has 100 valence electrons. The van der Waals surface area contributed by atoms with Gasteiger partial charge in [-0.2, -0.15) is 0 Å². The minimum atomic E-state index is 0.344. The van der Waals surface area contributed by atoms with Crippen LogP contribution in [0, 0.1) is 5.92 Å². The second-order valence-corrected chi connectivity index (χ2v) is 5.01. The van der Waals surface area contributed by atoms with Crippen molar-refractivity contribution in [2.75, 3.05) is 12.8 Å². The van der Waals surface area contributed by atoms with Gasteiger partial charge in [0, 0.05) is 6.07 Å². The Kier molecular flexibility index (Phi) is 4.34. The molecule has 1 aliphatic rings. The minimum Gasteiger partial charge on any atom is -0.495 e. The quantitative estimate of drug-likeness (QED) is 0.829. The van der Waals surface area contributed by atoms with E-state index in [1.807, 2.05) is 18.2 Å². The van der Waals surface area contributed by atoms with E-state index in [0.717, 1.165) is 12.2 Å². The first-order chi connectivity index (χ1) is 8.74. The molecule has 0 spiro atoms. The van der Waals surface area contributed by atoms with Crippen LogP contribution in [-0.2, 0) is 0 Å². The van der Waals surface area contributed by atoms with Gasteiger partial charge in [0.25, 0.3) is 0 Å². The summed E-state index contributed by atoms with van der Waals surface area (Å²) in [6, 6.07) is 5.67. The number of methoxy groups -OCH3 is 1. The minimum absolute atomic E-state index is 0.344. The Bertz CT molecular complexity index is 392. The van der Waals surface area contributed by atoms with E-state index in [0.29, 0.717) is 23.5 Å². The maximum atomic E-state index is 6.10. The van der Waals surface area contributed by atoms with E-state index in [2.05, 4.69) is 6.92 Å². The van der Waals surface area contributed by atoms with E-state index in [1.165, 1.54) is 25.7 Å². The van der Waals surface area contributed by atoms with Crippen LogP contribution < -0.4 is 15.2 Å². The Balaban J connectivity index is 2.05. The van der Waals surface area contributed by atoms with Gasteiger partial charge in [-0.3, -0.25) is 0 Å². The Morgan fingerprint density at radius 1 is 1.28 bits per heavy atom. The highest BCUT2D eigenvalue weighted by Crippen LogP contribution is 2.32. The third kappa shape index (κ3) is 2.89. The number of rotatable bonds is 4. The van der Waals surface area contributed by atoms with Gasteiger partial charge in [-0.1, -0.05) is 13.3 Å². The summed E-state index contributed by atoms with van der Waals surface area (Å²) in [7, 11) is 1.63. The van der Waals surface area contributed by atoms with E-state index in [-0.39, 0.29) is 0 Å². The maximum absolute atomic E-state index is 6.10. The third-order valence-corrected chi connectivity index (χ3v) is 3.85. The average Bonchev–Trinajstić information content (AvgIpc) is 2.39. The number of nitrogen functional groups attached to an aromatic ring is 1. The molecule has 0 saturated heterocycles. The fourth-order valence-electron chi connectivity index (χ4n) is 2.76. The lowest BCUT2D eigenvalue weighted by Crippen LogP contribution is -2.29. The van der Waals surface area contributed by atoms with Gasteiger partial charge in [-0.05, 0) is 43.7 Å². The van der Waals surface area contributed by atoms with Gasteiger partial charge < -0.3 is 15.2 Å². The molecule has 0 radical (unpaired) electrons. The van der Waals surface area contributed by atoms with Gasteiger partial charge in [0.2, 0.25) is 0 Å². The first kappa shape index (κ1) is 13.1. The number of hydrogen-bond donors (Lipinski definition) is 1. The molecule has 18 heavy (non-hydrogen) atoms. The summed E-state index contributed by atoms with van der Waals surface area (Å²) in [6.07, 6.45) is 6.58. The first-order valence-corrected chi connectivity index (χ1v) is 6.84. The van der Waals surface area contributed by atoms with Gasteiger partial charge in [0.05, 0.1) is 12.8 Å². The molecule has 0 aromatic heterocycles. The second kappa shape index (κ2) is 5.98. The smallest absolute Gasteiger partial charge is 0.142 e. The van der Waals surface area contributed by atoms with Gasteiger partial charge in [-0.15, -0.1) is 0 Å². The molecular weight excluding hydrogens is 226 g/mol. The molecule has 2 N–H and O–H groups in total. The molecule has 0 aliphatic heterocycles. The molecule has 0 bridgehead atoms. The van der Waals surface area contributed by atoms with E-state index in [9.17, 15) is 0 Å². The van der Waals surface area contributed by atoms with Crippen LogP contribution in [0.25, 0.3) is 0 Å². The lowest BCUT2D eigenvalue weighted by molar-refractivity contribution is 0.0904. The van der Waals surface area contributed by atoms with Crippen molar-refractivity contribution in [3.05, 3.63) is 18.2 Å². The largest absolute Gasteiger partial charge is 0.495 e. The Hall–Kier alpha value is -1.38. The standard InChI is InChI=1S/C15H23NO2/c1-3-11-6-4-5-7-14(11)18-12-8-9-15(17-2)13(16)10-12/h8-11,14H,3-7,16H2,1-2H3. The maximum Gasteiger partial charge on any atom is 0.142 e. The van der Waals surface area contributed by atoms with Gasteiger partial charge >= 0.3 is 0 Å². The number of nitrogens with two attached hydrogens (primary N) is 1. The Morgan fingerprint density at radius 2 is 2.06 bits per heavy atom. The van der Waals surface area contributed by atoms with Crippen molar-refractivity contribution < 1.29 is 9.47 Å². The van der Waals surface area contributed by atoms with Crippen LogP contribution >= 0.6 is 0 Å². The molecule has 1 aliphatic carbocycles. The molecule has 2 rings (SSSR count). The predicted molar refractivity (Wildman–Crippen MR) is 74.1 cm³/mol. The van der Waals surface area contributed by atoms with E-state index in [1.54, 1.807) is 7.11 Å². The molecule has 3 nitrogen and oxygen atoms in total. The zero-order valence-electron chi connectivity index (χ0n) is 11.3. The molecule has 3 heteroatoms. The average molecular weight is 249 g/mol. The van der Waals surface area contributed by atoms with Crippen molar-refractivity contribution in [2.45, 2.75) is 45.1 Å². The highest BCUT2D eigenvalue weighted by molar-refractivity contribution is 5.56. The molecule has 1 aromatic rings. The van der Waals surface area contributed by atoms with Crippen molar-refractivity contribution in [1.29, 1.82) is 0 Å². The van der Waals surface area contributed by atoms with Crippen molar-refractivity contribution >= 4 is 5.69 Å². The summed E-state index contributed by atoms with van der Waals surface area (Å²) in [5.41, 5.74) is 6.54. The molecule has 1 saturated carbocycles.